The molecule has 0 radical (unpaired) electrons. The number of rotatable bonds is 3. The van der Waals surface area contributed by atoms with Crippen LogP contribution in [0.15, 0.2) is 42.7 Å². The van der Waals surface area contributed by atoms with E-state index in [1.54, 1.807) is 24.3 Å². The minimum Gasteiger partial charge on any atom is -0.504 e. The van der Waals surface area contributed by atoms with Crippen molar-refractivity contribution < 1.29 is 9.84 Å². The molecule has 0 aliphatic carbocycles. The highest BCUT2D eigenvalue weighted by Gasteiger charge is 2.10. The van der Waals surface area contributed by atoms with Crippen LogP contribution in [-0.4, -0.2) is 22.2 Å². The third-order valence-corrected chi connectivity index (χ3v) is 3.26. The van der Waals surface area contributed by atoms with Gasteiger partial charge in [0.15, 0.2) is 11.5 Å². The Hall–Kier alpha value is -2.53. The summed E-state index contributed by atoms with van der Waals surface area (Å²) in [4.78, 5) is 8.38. The van der Waals surface area contributed by atoms with Gasteiger partial charge in [0.1, 0.15) is 12.1 Å². The number of nitrogens with one attached hydrogen (secondary N) is 1. The van der Waals surface area contributed by atoms with Crippen molar-refractivity contribution in [1.82, 2.24) is 9.97 Å². The third kappa shape index (κ3) is 2.68. The summed E-state index contributed by atoms with van der Waals surface area (Å²) in [6.45, 7) is 0. The molecule has 0 atom stereocenters. The number of methoxy groups -OCH3 is 1. The van der Waals surface area contributed by atoms with Crippen molar-refractivity contribution in [3.63, 3.8) is 0 Å². The molecule has 21 heavy (non-hydrogen) atoms. The number of hydrogen-bond donors (Lipinski definition) is 2. The molecular weight excluding hydrogens is 290 g/mol. The molecule has 0 fully saturated rings. The molecule has 0 unspecified atom stereocenters. The lowest BCUT2D eigenvalue weighted by atomic mass is 10.2. The molecule has 3 aromatic rings. The topological polar surface area (TPSA) is 67.3 Å². The fourth-order valence-corrected chi connectivity index (χ4v) is 2.23. The van der Waals surface area contributed by atoms with E-state index in [1.165, 1.54) is 13.4 Å². The fraction of sp³-hybridized carbons (Fsp3) is 0.0667. The van der Waals surface area contributed by atoms with Crippen LogP contribution >= 0.6 is 11.6 Å². The number of phenolic OH excluding ortho intramolecular Hbond substituents is 1. The minimum absolute atomic E-state index is 0.0393. The molecule has 106 valence electrons. The van der Waals surface area contributed by atoms with Crippen molar-refractivity contribution in [2.45, 2.75) is 0 Å². The van der Waals surface area contributed by atoms with E-state index < -0.39 is 0 Å². The summed E-state index contributed by atoms with van der Waals surface area (Å²) in [6, 6.07) is 10.6. The zero-order valence-corrected chi connectivity index (χ0v) is 11.9. The normalized spacial score (nSPS) is 10.6. The number of halogens is 1. The van der Waals surface area contributed by atoms with E-state index in [2.05, 4.69) is 15.3 Å². The van der Waals surface area contributed by atoms with Gasteiger partial charge < -0.3 is 15.2 Å². The van der Waals surface area contributed by atoms with Gasteiger partial charge in [-0.15, -0.1) is 0 Å². The number of benzene rings is 2. The summed E-state index contributed by atoms with van der Waals surface area (Å²) in [7, 11) is 1.49. The zero-order chi connectivity index (χ0) is 14.8. The molecule has 0 aliphatic heterocycles. The van der Waals surface area contributed by atoms with Crippen LogP contribution in [0.4, 0.5) is 11.5 Å². The Bertz CT molecular complexity index is 808. The van der Waals surface area contributed by atoms with E-state index in [4.69, 9.17) is 16.3 Å². The van der Waals surface area contributed by atoms with Crippen LogP contribution in [0.5, 0.6) is 11.5 Å². The van der Waals surface area contributed by atoms with Gasteiger partial charge in [-0.25, -0.2) is 9.97 Å². The fourth-order valence-electron chi connectivity index (χ4n) is 2.04. The van der Waals surface area contributed by atoms with Crippen molar-refractivity contribution in [3.8, 4) is 11.5 Å². The molecule has 0 saturated carbocycles. The molecule has 5 nitrogen and oxygen atoms in total. The van der Waals surface area contributed by atoms with E-state index in [1.807, 2.05) is 12.1 Å². The first kappa shape index (κ1) is 13.5. The van der Waals surface area contributed by atoms with Crippen molar-refractivity contribution in [1.29, 1.82) is 0 Å². The molecule has 0 aliphatic rings. The van der Waals surface area contributed by atoms with Crippen molar-refractivity contribution >= 4 is 34.0 Å². The van der Waals surface area contributed by atoms with Crippen LogP contribution in [0.25, 0.3) is 10.9 Å². The summed E-state index contributed by atoms with van der Waals surface area (Å²) < 4.78 is 5.12. The quantitative estimate of drug-likeness (QED) is 0.771. The maximum absolute atomic E-state index is 9.80. The molecular formula is C15H12ClN3O2. The van der Waals surface area contributed by atoms with Crippen LogP contribution in [-0.2, 0) is 0 Å². The molecule has 0 saturated heterocycles. The summed E-state index contributed by atoms with van der Waals surface area (Å²) >= 11 is 5.97. The molecule has 2 N–H and O–H groups in total. The second-order valence-electron chi connectivity index (χ2n) is 4.40. The van der Waals surface area contributed by atoms with E-state index in [0.717, 1.165) is 11.1 Å². The van der Waals surface area contributed by atoms with Gasteiger partial charge >= 0.3 is 0 Å². The van der Waals surface area contributed by atoms with E-state index in [0.29, 0.717) is 22.1 Å². The molecule has 2 aromatic carbocycles. The lowest BCUT2D eigenvalue weighted by Crippen LogP contribution is -1.96. The van der Waals surface area contributed by atoms with E-state index in [-0.39, 0.29) is 5.75 Å². The van der Waals surface area contributed by atoms with Gasteiger partial charge in [-0.2, -0.15) is 0 Å². The third-order valence-electron chi connectivity index (χ3n) is 3.02. The van der Waals surface area contributed by atoms with Crippen LogP contribution in [0, 0.1) is 0 Å². The first-order valence-electron chi connectivity index (χ1n) is 6.21. The first-order valence-corrected chi connectivity index (χ1v) is 6.59. The highest BCUT2D eigenvalue weighted by atomic mass is 35.5. The number of phenols is 1. The monoisotopic (exact) mass is 301 g/mol. The van der Waals surface area contributed by atoms with E-state index in [9.17, 15) is 5.11 Å². The van der Waals surface area contributed by atoms with Gasteiger partial charge in [0.05, 0.1) is 12.6 Å². The van der Waals surface area contributed by atoms with Gasteiger partial charge in [-0.05, 0) is 24.3 Å². The summed E-state index contributed by atoms with van der Waals surface area (Å²) in [5.74, 6) is 1.02. The smallest absolute Gasteiger partial charge is 0.161 e. The number of anilines is 2. The summed E-state index contributed by atoms with van der Waals surface area (Å²) in [5, 5.41) is 14.4. The van der Waals surface area contributed by atoms with Gasteiger partial charge in [0.2, 0.25) is 0 Å². The van der Waals surface area contributed by atoms with Crippen LogP contribution in [0.2, 0.25) is 5.02 Å². The highest BCUT2D eigenvalue weighted by molar-refractivity contribution is 6.30. The number of aromatic hydroxyl groups is 1. The molecule has 6 heteroatoms. The van der Waals surface area contributed by atoms with Crippen LogP contribution in [0.3, 0.4) is 0 Å². The Balaban J connectivity index is 2.09. The van der Waals surface area contributed by atoms with E-state index >= 15 is 0 Å². The van der Waals surface area contributed by atoms with Crippen molar-refractivity contribution in [2.75, 3.05) is 12.4 Å². The largest absolute Gasteiger partial charge is 0.504 e. The number of hydrogen-bond acceptors (Lipinski definition) is 5. The zero-order valence-electron chi connectivity index (χ0n) is 11.2. The van der Waals surface area contributed by atoms with Crippen molar-refractivity contribution in [3.05, 3.63) is 47.7 Å². The second-order valence-corrected chi connectivity index (χ2v) is 4.84. The molecule has 1 aromatic heterocycles. The second kappa shape index (κ2) is 5.46. The predicted octanol–water partition coefficient (Wildman–Crippen LogP) is 3.74. The van der Waals surface area contributed by atoms with Crippen LogP contribution in [0.1, 0.15) is 0 Å². The van der Waals surface area contributed by atoms with Gasteiger partial charge in [0.25, 0.3) is 0 Å². The average Bonchev–Trinajstić information content (AvgIpc) is 2.47. The maximum atomic E-state index is 9.80. The maximum Gasteiger partial charge on any atom is 0.161 e. The van der Waals surface area contributed by atoms with Gasteiger partial charge in [-0.3, -0.25) is 0 Å². The summed E-state index contributed by atoms with van der Waals surface area (Å²) in [6.07, 6.45) is 1.43. The molecule has 0 bridgehead atoms. The van der Waals surface area contributed by atoms with Crippen molar-refractivity contribution in [2.24, 2.45) is 0 Å². The van der Waals surface area contributed by atoms with Gasteiger partial charge in [0, 0.05) is 22.2 Å². The Morgan fingerprint density at radius 1 is 1.19 bits per heavy atom. The molecule has 0 amide bonds. The number of ether oxygens (including phenoxy) is 1. The lowest BCUT2D eigenvalue weighted by Gasteiger charge is -2.10. The summed E-state index contributed by atoms with van der Waals surface area (Å²) in [5.41, 5.74) is 1.43. The van der Waals surface area contributed by atoms with Gasteiger partial charge in [-0.1, -0.05) is 17.7 Å². The molecule has 3 rings (SSSR count). The Kier molecular flexibility index (Phi) is 3.50. The number of fused-ring (bicyclic) bond motifs is 1. The lowest BCUT2D eigenvalue weighted by molar-refractivity contribution is 0.374. The number of nitrogens with zero attached hydrogens (tertiary/aromatic N) is 2. The standard InChI is InChI=1S/C15H12ClN3O2/c1-21-14-6-11-12(7-13(14)20)17-8-18-15(11)19-10-4-2-3-9(16)5-10/h2-8,20H,1H3,(H,17,18,19). The first-order chi connectivity index (χ1) is 10.2. The molecule has 0 spiro atoms. The Labute approximate surface area is 126 Å². The van der Waals surface area contributed by atoms with Crippen LogP contribution < -0.4 is 10.1 Å². The average molecular weight is 302 g/mol. The minimum atomic E-state index is 0.0393. The predicted molar refractivity (Wildman–Crippen MR) is 82.5 cm³/mol. The molecule has 1 heterocycles. The highest BCUT2D eigenvalue weighted by Crippen LogP contribution is 2.33. The Morgan fingerprint density at radius 2 is 2.05 bits per heavy atom. The Morgan fingerprint density at radius 3 is 2.81 bits per heavy atom. The SMILES string of the molecule is COc1cc2c(Nc3cccc(Cl)c3)ncnc2cc1O. The number of aromatic nitrogens is 2.